The third-order valence-electron chi connectivity index (χ3n) is 2.72. The van der Waals surface area contributed by atoms with Crippen molar-refractivity contribution in [3.05, 3.63) is 44.2 Å². The Balaban J connectivity index is 2.48. The molecule has 0 saturated carbocycles. The van der Waals surface area contributed by atoms with Crippen LogP contribution >= 0.6 is 34.2 Å². The van der Waals surface area contributed by atoms with Gasteiger partial charge in [0.1, 0.15) is 0 Å². The monoisotopic (exact) mass is 376 g/mol. The van der Waals surface area contributed by atoms with Gasteiger partial charge in [-0.05, 0) is 52.9 Å². The molecule has 96 valence electrons. The van der Waals surface area contributed by atoms with Crippen molar-refractivity contribution in [1.82, 2.24) is 20.3 Å². The number of nitrogens with zero attached hydrogens (tertiary/aromatic N) is 3. The molecular weight excluding hydrogens is 363 g/mol. The number of aryl methyl sites for hydroxylation is 1. The highest BCUT2D eigenvalue weighted by Gasteiger charge is 2.19. The molecule has 0 saturated heterocycles. The van der Waals surface area contributed by atoms with E-state index >= 15 is 0 Å². The molecule has 6 heteroatoms. The highest BCUT2D eigenvalue weighted by molar-refractivity contribution is 14.1. The molecule has 1 aromatic heterocycles. The zero-order chi connectivity index (χ0) is 13.1. The molecule has 1 N–H and O–H groups in total. The van der Waals surface area contributed by atoms with Crippen molar-refractivity contribution in [3.8, 4) is 0 Å². The highest BCUT2D eigenvalue weighted by atomic mass is 127. The normalized spacial score (nSPS) is 12.7. The molecule has 0 amide bonds. The number of hydrogen-bond acceptors (Lipinski definition) is 3. The van der Waals surface area contributed by atoms with Crippen molar-refractivity contribution in [3.63, 3.8) is 0 Å². The number of nitrogens with one attached hydrogen (secondary N) is 1. The van der Waals surface area contributed by atoms with Crippen LogP contribution in [0, 0.1) is 3.57 Å². The first-order valence-electron chi connectivity index (χ1n) is 5.66. The molecule has 1 heterocycles. The predicted octanol–water partition coefficient (Wildman–Crippen LogP) is 2.77. The zero-order valence-electron chi connectivity index (χ0n) is 10.2. The molecule has 0 aliphatic rings. The van der Waals surface area contributed by atoms with Gasteiger partial charge < -0.3 is 5.32 Å². The number of hydrogen-bond donors (Lipinski definition) is 1. The highest BCUT2D eigenvalue weighted by Crippen LogP contribution is 2.28. The van der Waals surface area contributed by atoms with Gasteiger partial charge in [0.15, 0.2) is 0 Å². The third kappa shape index (κ3) is 2.84. The Labute approximate surface area is 125 Å². The quantitative estimate of drug-likeness (QED) is 0.835. The second kappa shape index (κ2) is 5.99. The fourth-order valence-electron chi connectivity index (χ4n) is 1.87. The summed E-state index contributed by atoms with van der Waals surface area (Å²) in [4.78, 5) is 0. The standard InChI is InChI=1S/C12H14ClIN4/c1-3-15-12(11-7-16-17-18(11)2)9-6-8(13)4-5-10(9)14/h4-7,12,15H,3H2,1-2H3. The van der Waals surface area contributed by atoms with Gasteiger partial charge >= 0.3 is 0 Å². The molecule has 0 bridgehead atoms. The number of halogens is 2. The minimum Gasteiger partial charge on any atom is -0.305 e. The van der Waals surface area contributed by atoms with Crippen LogP contribution in [0.1, 0.15) is 24.2 Å². The number of aromatic nitrogens is 3. The first-order chi connectivity index (χ1) is 8.63. The lowest BCUT2D eigenvalue weighted by molar-refractivity contribution is 0.566. The van der Waals surface area contributed by atoms with E-state index in [9.17, 15) is 0 Å². The summed E-state index contributed by atoms with van der Waals surface area (Å²) in [5.41, 5.74) is 2.17. The minimum absolute atomic E-state index is 0.0561. The van der Waals surface area contributed by atoms with Crippen LogP contribution < -0.4 is 5.32 Å². The van der Waals surface area contributed by atoms with Gasteiger partial charge in [0, 0.05) is 15.6 Å². The van der Waals surface area contributed by atoms with Crippen LogP contribution in [0.4, 0.5) is 0 Å². The summed E-state index contributed by atoms with van der Waals surface area (Å²) >= 11 is 8.41. The first kappa shape index (κ1) is 13.8. The van der Waals surface area contributed by atoms with Crippen LogP contribution in [0.3, 0.4) is 0 Å². The Morgan fingerprint density at radius 1 is 1.50 bits per heavy atom. The molecule has 0 aliphatic carbocycles. The smallest absolute Gasteiger partial charge is 0.0799 e. The molecule has 18 heavy (non-hydrogen) atoms. The summed E-state index contributed by atoms with van der Waals surface area (Å²) < 4.78 is 2.95. The third-order valence-corrected chi connectivity index (χ3v) is 3.94. The fourth-order valence-corrected chi connectivity index (χ4v) is 2.70. The summed E-state index contributed by atoms with van der Waals surface area (Å²) in [7, 11) is 1.89. The summed E-state index contributed by atoms with van der Waals surface area (Å²) in [6.45, 7) is 2.94. The van der Waals surface area contributed by atoms with Crippen LogP contribution in [0.25, 0.3) is 0 Å². The van der Waals surface area contributed by atoms with E-state index in [0.717, 1.165) is 22.8 Å². The SMILES string of the molecule is CCNC(c1cc(Cl)ccc1I)c1cnnn1C. The molecule has 0 spiro atoms. The van der Waals surface area contributed by atoms with E-state index in [1.54, 1.807) is 10.9 Å². The van der Waals surface area contributed by atoms with Crippen molar-refractivity contribution in [2.75, 3.05) is 6.54 Å². The Hall–Kier alpha value is -0.660. The van der Waals surface area contributed by atoms with Crippen LogP contribution in [-0.2, 0) is 7.05 Å². The van der Waals surface area contributed by atoms with Crippen LogP contribution in [0.2, 0.25) is 5.02 Å². The predicted molar refractivity (Wildman–Crippen MR) is 80.7 cm³/mol. The maximum atomic E-state index is 6.09. The lowest BCUT2D eigenvalue weighted by Gasteiger charge is -2.19. The molecular formula is C12H14ClIN4. The fraction of sp³-hybridized carbons (Fsp3) is 0.333. The van der Waals surface area contributed by atoms with Crippen molar-refractivity contribution in [2.45, 2.75) is 13.0 Å². The molecule has 1 unspecified atom stereocenters. The molecule has 0 radical (unpaired) electrons. The maximum Gasteiger partial charge on any atom is 0.0799 e. The topological polar surface area (TPSA) is 42.7 Å². The molecule has 1 atom stereocenters. The molecule has 2 rings (SSSR count). The van der Waals surface area contributed by atoms with Gasteiger partial charge in [0.2, 0.25) is 0 Å². The van der Waals surface area contributed by atoms with E-state index < -0.39 is 0 Å². The van der Waals surface area contributed by atoms with E-state index in [1.165, 1.54) is 3.57 Å². The van der Waals surface area contributed by atoms with Crippen molar-refractivity contribution in [2.24, 2.45) is 7.05 Å². The van der Waals surface area contributed by atoms with Gasteiger partial charge in [-0.2, -0.15) is 0 Å². The van der Waals surface area contributed by atoms with Crippen LogP contribution in [0.5, 0.6) is 0 Å². The molecule has 0 aliphatic heterocycles. The summed E-state index contributed by atoms with van der Waals surface area (Å²) in [5, 5.41) is 12.1. The van der Waals surface area contributed by atoms with Gasteiger partial charge in [-0.1, -0.05) is 23.7 Å². The summed E-state index contributed by atoms with van der Waals surface area (Å²) in [6.07, 6.45) is 1.78. The van der Waals surface area contributed by atoms with E-state index in [2.05, 4.69) is 45.1 Å². The Kier molecular flexibility index (Phi) is 4.58. The average Bonchev–Trinajstić information content (AvgIpc) is 2.76. The lowest BCUT2D eigenvalue weighted by Crippen LogP contribution is -2.25. The van der Waals surface area contributed by atoms with Crippen molar-refractivity contribution < 1.29 is 0 Å². The Morgan fingerprint density at radius 3 is 2.89 bits per heavy atom. The molecule has 2 aromatic rings. The van der Waals surface area contributed by atoms with Crippen molar-refractivity contribution in [1.29, 1.82) is 0 Å². The molecule has 1 aromatic carbocycles. The van der Waals surface area contributed by atoms with Gasteiger partial charge in [-0.25, -0.2) is 0 Å². The second-order valence-electron chi connectivity index (χ2n) is 3.94. The van der Waals surface area contributed by atoms with Gasteiger partial charge in [-0.3, -0.25) is 4.68 Å². The van der Waals surface area contributed by atoms with Gasteiger partial charge in [0.05, 0.1) is 17.9 Å². The van der Waals surface area contributed by atoms with E-state index in [4.69, 9.17) is 11.6 Å². The minimum atomic E-state index is 0.0561. The van der Waals surface area contributed by atoms with E-state index in [-0.39, 0.29) is 6.04 Å². The van der Waals surface area contributed by atoms with Crippen molar-refractivity contribution >= 4 is 34.2 Å². The maximum absolute atomic E-state index is 6.09. The van der Waals surface area contributed by atoms with E-state index in [0.29, 0.717) is 0 Å². The summed E-state index contributed by atoms with van der Waals surface area (Å²) in [6, 6.07) is 5.97. The molecule has 0 fully saturated rings. The van der Waals surface area contributed by atoms with Crippen LogP contribution in [0.15, 0.2) is 24.4 Å². The molecule has 4 nitrogen and oxygen atoms in total. The first-order valence-corrected chi connectivity index (χ1v) is 7.12. The van der Waals surface area contributed by atoms with Crippen LogP contribution in [-0.4, -0.2) is 21.5 Å². The number of benzene rings is 1. The number of rotatable bonds is 4. The van der Waals surface area contributed by atoms with E-state index in [1.807, 2.05) is 25.2 Å². The second-order valence-corrected chi connectivity index (χ2v) is 5.54. The lowest BCUT2D eigenvalue weighted by atomic mass is 10.0. The van der Waals surface area contributed by atoms with Gasteiger partial charge in [-0.15, -0.1) is 5.10 Å². The average molecular weight is 377 g/mol. The Morgan fingerprint density at radius 2 is 2.28 bits per heavy atom. The Bertz CT molecular complexity index is 541. The zero-order valence-corrected chi connectivity index (χ0v) is 13.1. The summed E-state index contributed by atoms with van der Waals surface area (Å²) in [5.74, 6) is 0. The van der Waals surface area contributed by atoms with Gasteiger partial charge in [0.25, 0.3) is 0 Å². The largest absolute Gasteiger partial charge is 0.305 e.